The quantitative estimate of drug-likeness (QED) is 0.561. The molecular weight excluding hydrogens is 298 g/mol. The Labute approximate surface area is 121 Å². The van der Waals surface area contributed by atoms with Gasteiger partial charge in [-0.05, 0) is 25.1 Å². The van der Waals surface area contributed by atoms with Crippen LogP contribution in [0.25, 0.3) is 0 Å². The Morgan fingerprint density at radius 3 is 2.48 bits per heavy atom. The minimum atomic E-state index is -4.06. The van der Waals surface area contributed by atoms with Crippen molar-refractivity contribution in [2.45, 2.75) is 11.8 Å². The predicted octanol–water partition coefficient (Wildman–Crippen LogP) is -0.685. The molecule has 21 heavy (non-hydrogen) atoms. The Bertz CT molecular complexity index is 670. The second-order valence-corrected chi connectivity index (χ2v) is 6.29. The molecule has 1 aliphatic rings. The minimum Gasteiger partial charge on any atom is -0.492 e. The summed E-state index contributed by atoms with van der Waals surface area (Å²) in [6.07, 6.45) is 0. The van der Waals surface area contributed by atoms with E-state index in [-0.39, 0.29) is 22.9 Å². The van der Waals surface area contributed by atoms with Gasteiger partial charge in [-0.2, -0.15) is 4.31 Å². The fraction of sp³-hybridized carbons (Fsp3) is 0.333. The van der Waals surface area contributed by atoms with Gasteiger partial charge in [-0.1, -0.05) is 0 Å². The van der Waals surface area contributed by atoms with Crippen molar-refractivity contribution < 1.29 is 22.7 Å². The summed E-state index contributed by atoms with van der Waals surface area (Å²) in [7, 11) is -4.06. The first-order chi connectivity index (χ1) is 9.84. The highest BCUT2D eigenvalue weighted by Gasteiger charge is 2.34. The second kappa shape index (κ2) is 5.70. The van der Waals surface area contributed by atoms with Gasteiger partial charge in [0.15, 0.2) is 0 Å². The zero-order chi connectivity index (χ0) is 15.6. The van der Waals surface area contributed by atoms with E-state index >= 15 is 0 Å². The summed E-state index contributed by atoms with van der Waals surface area (Å²) in [5, 5.41) is 2.04. The summed E-state index contributed by atoms with van der Waals surface area (Å²) in [5.41, 5.74) is 5.86. The van der Waals surface area contributed by atoms with Gasteiger partial charge in [0.2, 0.25) is 21.8 Å². The largest absolute Gasteiger partial charge is 0.492 e. The number of benzene rings is 1. The molecule has 1 fully saturated rings. The van der Waals surface area contributed by atoms with E-state index in [2.05, 4.69) is 0 Å². The molecular formula is C12H15N3O5S. The van der Waals surface area contributed by atoms with E-state index < -0.39 is 34.9 Å². The Morgan fingerprint density at radius 2 is 1.90 bits per heavy atom. The lowest BCUT2D eigenvalue weighted by atomic mass is 10.3. The maximum atomic E-state index is 12.6. The first kappa shape index (κ1) is 15.3. The summed E-state index contributed by atoms with van der Waals surface area (Å²) in [6, 6.07) is 4.20. The molecule has 0 saturated carbocycles. The molecule has 0 spiro atoms. The second-order valence-electron chi connectivity index (χ2n) is 4.38. The van der Waals surface area contributed by atoms with Crippen LogP contribution in [0, 0.1) is 0 Å². The van der Waals surface area contributed by atoms with E-state index in [1.807, 2.05) is 5.32 Å². The molecule has 1 aromatic carbocycles. The number of sulfonamides is 1. The maximum absolute atomic E-state index is 12.6. The molecule has 0 bridgehead atoms. The maximum Gasteiger partial charge on any atom is 0.247 e. The van der Waals surface area contributed by atoms with E-state index in [1.165, 1.54) is 18.2 Å². The van der Waals surface area contributed by atoms with E-state index in [4.69, 9.17) is 10.5 Å². The van der Waals surface area contributed by atoms with Gasteiger partial charge in [-0.3, -0.25) is 14.9 Å². The number of nitrogen functional groups attached to an aromatic ring is 1. The van der Waals surface area contributed by atoms with Crippen LogP contribution in [0.5, 0.6) is 5.75 Å². The van der Waals surface area contributed by atoms with Crippen LogP contribution in [0.1, 0.15) is 6.92 Å². The number of nitrogens with two attached hydrogens (primary N) is 1. The average molecular weight is 313 g/mol. The summed E-state index contributed by atoms with van der Waals surface area (Å²) < 4.78 is 31.2. The van der Waals surface area contributed by atoms with E-state index in [1.54, 1.807) is 6.92 Å². The summed E-state index contributed by atoms with van der Waals surface area (Å²) >= 11 is 0. The molecule has 8 nitrogen and oxygen atoms in total. The smallest absolute Gasteiger partial charge is 0.247 e. The van der Waals surface area contributed by atoms with Crippen LogP contribution in [0.3, 0.4) is 0 Å². The minimum absolute atomic E-state index is 0.130. The highest BCUT2D eigenvalue weighted by molar-refractivity contribution is 7.89. The summed E-state index contributed by atoms with van der Waals surface area (Å²) in [6.45, 7) is 1.14. The lowest BCUT2D eigenvalue weighted by Gasteiger charge is -2.25. The third kappa shape index (κ3) is 3.14. The highest BCUT2D eigenvalue weighted by Crippen LogP contribution is 2.29. The third-order valence-electron chi connectivity index (χ3n) is 2.80. The van der Waals surface area contributed by atoms with Crippen molar-refractivity contribution in [3.63, 3.8) is 0 Å². The Morgan fingerprint density at radius 1 is 1.29 bits per heavy atom. The lowest BCUT2D eigenvalue weighted by Crippen LogP contribution is -2.53. The Hall–Kier alpha value is -2.13. The van der Waals surface area contributed by atoms with E-state index in [9.17, 15) is 18.0 Å². The van der Waals surface area contributed by atoms with Crippen LogP contribution < -0.4 is 15.8 Å². The van der Waals surface area contributed by atoms with Gasteiger partial charge in [0.05, 0.1) is 19.7 Å². The van der Waals surface area contributed by atoms with E-state index in [0.29, 0.717) is 0 Å². The molecule has 1 aromatic rings. The van der Waals surface area contributed by atoms with Crippen molar-refractivity contribution in [2.24, 2.45) is 0 Å². The van der Waals surface area contributed by atoms with Crippen molar-refractivity contribution in [1.82, 2.24) is 9.62 Å². The molecule has 0 atom stereocenters. The van der Waals surface area contributed by atoms with Gasteiger partial charge in [0.1, 0.15) is 10.6 Å². The number of amides is 2. The number of rotatable bonds is 4. The fourth-order valence-electron chi connectivity index (χ4n) is 1.92. The van der Waals surface area contributed by atoms with Crippen LogP contribution >= 0.6 is 0 Å². The first-order valence-corrected chi connectivity index (χ1v) is 7.63. The molecule has 1 saturated heterocycles. The van der Waals surface area contributed by atoms with Crippen LogP contribution in [-0.4, -0.2) is 44.2 Å². The molecule has 0 radical (unpaired) electrons. The molecule has 2 amide bonds. The van der Waals surface area contributed by atoms with Crippen molar-refractivity contribution in [3.05, 3.63) is 18.2 Å². The van der Waals surface area contributed by atoms with Crippen molar-refractivity contribution >= 4 is 27.5 Å². The van der Waals surface area contributed by atoms with Crippen LogP contribution in [0.2, 0.25) is 0 Å². The fourth-order valence-corrected chi connectivity index (χ4v) is 3.44. The van der Waals surface area contributed by atoms with Crippen LogP contribution in [0.4, 0.5) is 5.69 Å². The van der Waals surface area contributed by atoms with Gasteiger partial charge in [0, 0.05) is 5.69 Å². The molecule has 1 aliphatic heterocycles. The van der Waals surface area contributed by atoms with Gasteiger partial charge in [-0.25, -0.2) is 8.42 Å². The number of imide groups is 1. The molecule has 3 N–H and O–H groups in total. The van der Waals surface area contributed by atoms with Crippen molar-refractivity contribution in [3.8, 4) is 5.75 Å². The number of hydrogen-bond donors (Lipinski definition) is 2. The number of nitrogens with zero attached hydrogens (tertiary/aromatic N) is 1. The number of nitrogens with one attached hydrogen (secondary N) is 1. The number of piperazine rings is 1. The molecule has 114 valence electrons. The van der Waals surface area contributed by atoms with E-state index in [0.717, 1.165) is 4.31 Å². The summed E-state index contributed by atoms with van der Waals surface area (Å²) in [4.78, 5) is 22.5. The first-order valence-electron chi connectivity index (χ1n) is 6.19. The molecule has 9 heteroatoms. The van der Waals surface area contributed by atoms with Crippen LogP contribution in [0.15, 0.2) is 23.1 Å². The van der Waals surface area contributed by atoms with Gasteiger partial charge in [0.25, 0.3) is 0 Å². The Balaban J connectivity index is 2.45. The topological polar surface area (TPSA) is 119 Å². The van der Waals surface area contributed by atoms with Gasteiger partial charge < -0.3 is 10.5 Å². The highest BCUT2D eigenvalue weighted by atomic mass is 32.2. The average Bonchev–Trinajstić information content (AvgIpc) is 2.40. The predicted molar refractivity (Wildman–Crippen MR) is 73.9 cm³/mol. The zero-order valence-corrected chi connectivity index (χ0v) is 12.1. The molecule has 1 heterocycles. The monoisotopic (exact) mass is 313 g/mol. The molecule has 2 rings (SSSR count). The van der Waals surface area contributed by atoms with Crippen molar-refractivity contribution in [1.29, 1.82) is 0 Å². The summed E-state index contributed by atoms with van der Waals surface area (Å²) in [5.74, 6) is -1.21. The van der Waals surface area contributed by atoms with Crippen LogP contribution in [-0.2, 0) is 19.6 Å². The van der Waals surface area contributed by atoms with Gasteiger partial charge in [-0.15, -0.1) is 0 Å². The Kier molecular flexibility index (Phi) is 4.14. The standard InChI is InChI=1S/C12H15N3O5S/c1-2-20-9-4-3-8(13)5-10(9)21(18,19)15-6-11(16)14-12(17)7-15/h3-5H,2,6-7,13H2,1H3,(H,14,16,17). The number of hydrogen-bond acceptors (Lipinski definition) is 6. The third-order valence-corrected chi connectivity index (χ3v) is 4.62. The number of carbonyl (C=O) groups excluding carboxylic acids is 2. The lowest BCUT2D eigenvalue weighted by molar-refractivity contribution is -0.134. The molecule has 0 aliphatic carbocycles. The van der Waals surface area contributed by atoms with Crippen molar-refractivity contribution in [2.75, 3.05) is 25.4 Å². The zero-order valence-electron chi connectivity index (χ0n) is 11.3. The number of carbonyl (C=O) groups is 2. The number of anilines is 1. The SMILES string of the molecule is CCOc1ccc(N)cc1S(=O)(=O)N1CC(=O)NC(=O)C1. The molecule has 0 unspecified atom stereocenters. The van der Waals surface area contributed by atoms with Gasteiger partial charge >= 0.3 is 0 Å². The number of ether oxygens (including phenoxy) is 1. The molecule has 0 aromatic heterocycles. The normalized spacial score (nSPS) is 16.6.